The number of nitrogens with one attached hydrogen (secondary N) is 1. The fourth-order valence-electron chi connectivity index (χ4n) is 2.07. The summed E-state index contributed by atoms with van der Waals surface area (Å²) in [6.07, 6.45) is 0. The Kier molecular flexibility index (Phi) is 5.57. The van der Waals surface area contributed by atoms with E-state index >= 15 is 0 Å². The molecule has 0 radical (unpaired) electrons. The van der Waals surface area contributed by atoms with E-state index in [1.165, 1.54) is 11.8 Å². The highest BCUT2D eigenvalue weighted by Crippen LogP contribution is 2.24. The summed E-state index contributed by atoms with van der Waals surface area (Å²) in [7, 11) is 0. The van der Waals surface area contributed by atoms with Crippen molar-refractivity contribution in [3.8, 4) is 5.69 Å². The number of hydrogen-bond donors (Lipinski definition) is 1. The number of rotatable bonds is 5. The van der Waals surface area contributed by atoms with Crippen molar-refractivity contribution in [2.75, 3.05) is 11.1 Å². The van der Waals surface area contributed by atoms with Crippen LogP contribution in [-0.2, 0) is 4.79 Å². The second kappa shape index (κ2) is 7.86. The highest BCUT2D eigenvalue weighted by molar-refractivity contribution is 7.99. The van der Waals surface area contributed by atoms with Crippen molar-refractivity contribution in [2.45, 2.75) is 12.1 Å². The van der Waals surface area contributed by atoms with Gasteiger partial charge < -0.3 is 5.32 Å². The van der Waals surface area contributed by atoms with Gasteiger partial charge in [-0.15, -0.1) is 5.10 Å². The maximum atomic E-state index is 12.2. The second-order valence-electron chi connectivity index (χ2n) is 5.10. The molecule has 0 saturated carbocycles. The number of anilines is 1. The van der Waals surface area contributed by atoms with Gasteiger partial charge in [0.15, 0.2) is 0 Å². The summed E-state index contributed by atoms with van der Waals surface area (Å²) in [5.74, 6) is 0.000864. The third kappa shape index (κ3) is 4.31. The standard InChI is InChI=1S/C16H13Cl2N5OS/c1-10-13(18)3-2-4-14(10)19-15(24)9-25-16-20-21-22-23(16)12-7-5-11(17)6-8-12/h2-8H,9H2,1H3,(H,19,24). The van der Waals surface area contributed by atoms with Gasteiger partial charge in [-0.25, -0.2) is 0 Å². The molecule has 25 heavy (non-hydrogen) atoms. The Hall–Kier alpha value is -2.09. The average Bonchev–Trinajstić information content (AvgIpc) is 3.06. The molecule has 0 unspecified atom stereocenters. The lowest BCUT2D eigenvalue weighted by Crippen LogP contribution is -2.15. The average molecular weight is 394 g/mol. The van der Waals surface area contributed by atoms with Gasteiger partial charge in [0.05, 0.1) is 11.4 Å². The Morgan fingerprint density at radius 2 is 1.96 bits per heavy atom. The van der Waals surface area contributed by atoms with E-state index in [-0.39, 0.29) is 11.7 Å². The molecule has 3 aromatic rings. The zero-order valence-electron chi connectivity index (χ0n) is 13.1. The first kappa shape index (κ1) is 17.7. The second-order valence-corrected chi connectivity index (χ2v) is 6.89. The first-order valence-corrected chi connectivity index (χ1v) is 9.01. The van der Waals surface area contributed by atoms with E-state index in [4.69, 9.17) is 23.2 Å². The van der Waals surface area contributed by atoms with Gasteiger partial charge in [-0.1, -0.05) is 41.0 Å². The van der Waals surface area contributed by atoms with E-state index in [2.05, 4.69) is 20.8 Å². The molecule has 128 valence electrons. The van der Waals surface area contributed by atoms with Crippen LogP contribution in [0.2, 0.25) is 10.0 Å². The lowest BCUT2D eigenvalue weighted by Gasteiger charge is -2.09. The van der Waals surface area contributed by atoms with E-state index in [0.29, 0.717) is 20.9 Å². The molecule has 1 amide bonds. The number of halogens is 2. The van der Waals surface area contributed by atoms with Gasteiger partial charge in [-0.3, -0.25) is 4.79 Å². The number of carbonyl (C=O) groups excluding carboxylic acids is 1. The van der Waals surface area contributed by atoms with Crippen LogP contribution in [0.15, 0.2) is 47.6 Å². The van der Waals surface area contributed by atoms with Gasteiger partial charge in [0, 0.05) is 15.7 Å². The fraction of sp³-hybridized carbons (Fsp3) is 0.125. The molecular weight excluding hydrogens is 381 g/mol. The van der Waals surface area contributed by atoms with E-state index in [1.807, 2.05) is 13.0 Å². The summed E-state index contributed by atoms with van der Waals surface area (Å²) in [6.45, 7) is 1.85. The minimum absolute atomic E-state index is 0.166. The number of hydrogen-bond acceptors (Lipinski definition) is 5. The van der Waals surface area contributed by atoms with Crippen molar-refractivity contribution in [3.63, 3.8) is 0 Å². The molecule has 1 aromatic heterocycles. The normalized spacial score (nSPS) is 10.7. The number of benzene rings is 2. The molecule has 0 aliphatic carbocycles. The van der Waals surface area contributed by atoms with E-state index in [1.54, 1.807) is 41.1 Å². The molecule has 1 heterocycles. The lowest BCUT2D eigenvalue weighted by molar-refractivity contribution is -0.113. The fourth-order valence-corrected chi connectivity index (χ4v) is 3.06. The number of tetrazole rings is 1. The molecule has 0 spiro atoms. The number of thioether (sulfide) groups is 1. The first-order valence-electron chi connectivity index (χ1n) is 7.26. The zero-order chi connectivity index (χ0) is 17.8. The SMILES string of the molecule is Cc1c(Cl)cccc1NC(=O)CSc1nnnn1-c1ccc(Cl)cc1. The van der Waals surface area contributed by atoms with Crippen LogP contribution in [0, 0.1) is 6.92 Å². The van der Waals surface area contributed by atoms with Crippen LogP contribution >= 0.6 is 35.0 Å². The summed E-state index contributed by atoms with van der Waals surface area (Å²) in [6, 6.07) is 12.5. The maximum absolute atomic E-state index is 12.2. The van der Waals surface area contributed by atoms with E-state index < -0.39 is 0 Å². The summed E-state index contributed by atoms with van der Waals surface area (Å²) in [5, 5.41) is 16.2. The van der Waals surface area contributed by atoms with Crippen LogP contribution in [0.4, 0.5) is 5.69 Å². The Balaban J connectivity index is 1.66. The quantitative estimate of drug-likeness (QED) is 0.662. The third-order valence-corrected chi connectivity index (χ3v) is 4.97. The minimum atomic E-state index is -0.166. The molecule has 6 nitrogen and oxygen atoms in total. The van der Waals surface area contributed by atoms with Crippen LogP contribution in [0.25, 0.3) is 5.69 Å². The van der Waals surface area contributed by atoms with Gasteiger partial charge in [-0.2, -0.15) is 4.68 Å². The zero-order valence-corrected chi connectivity index (χ0v) is 15.4. The number of aromatic nitrogens is 4. The molecule has 1 N–H and O–H groups in total. The Labute approximate surface area is 158 Å². The van der Waals surface area contributed by atoms with Crippen LogP contribution in [0.1, 0.15) is 5.56 Å². The molecule has 0 aliphatic rings. The monoisotopic (exact) mass is 393 g/mol. The van der Waals surface area contributed by atoms with Crippen molar-refractivity contribution >= 4 is 46.6 Å². The highest BCUT2D eigenvalue weighted by atomic mass is 35.5. The number of carbonyl (C=O) groups is 1. The largest absolute Gasteiger partial charge is 0.325 e. The van der Waals surface area contributed by atoms with Crippen molar-refractivity contribution in [2.24, 2.45) is 0 Å². The lowest BCUT2D eigenvalue weighted by atomic mass is 10.2. The van der Waals surface area contributed by atoms with Gasteiger partial charge >= 0.3 is 0 Å². The highest BCUT2D eigenvalue weighted by Gasteiger charge is 2.12. The predicted molar refractivity (Wildman–Crippen MR) is 99.7 cm³/mol. The van der Waals surface area contributed by atoms with Crippen LogP contribution in [0.3, 0.4) is 0 Å². The van der Waals surface area contributed by atoms with E-state index in [0.717, 1.165) is 11.3 Å². The summed E-state index contributed by atoms with van der Waals surface area (Å²) in [4.78, 5) is 12.2. The molecule has 9 heteroatoms. The van der Waals surface area contributed by atoms with E-state index in [9.17, 15) is 4.79 Å². The van der Waals surface area contributed by atoms with Crippen molar-refractivity contribution < 1.29 is 4.79 Å². The van der Waals surface area contributed by atoms with Gasteiger partial charge in [-0.05, 0) is 59.3 Å². The number of amides is 1. The molecule has 2 aromatic carbocycles. The molecule has 0 aliphatic heterocycles. The third-order valence-electron chi connectivity index (χ3n) is 3.39. The van der Waals surface area contributed by atoms with Gasteiger partial charge in [0.2, 0.25) is 11.1 Å². The van der Waals surface area contributed by atoms with Crippen LogP contribution in [0.5, 0.6) is 0 Å². The maximum Gasteiger partial charge on any atom is 0.234 e. The molecular formula is C16H13Cl2N5OS. The predicted octanol–water partition coefficient (Wildman–Crippen LogP) is 4.01. The van der Waals surface area contributed by atoms with Crippen LogP contribution in [-0.4, -0.2) is 31.9 Å². The minimum Gasteiger partial charge on any atom is -0.325 e. The molecule has 0 bridgehead atoms. The summed E-state index contributed by atoms with van der Waals surface area (Å²) < 4.78 is 1.55. The topological polar surface area (TPSA) is 72.7 Å². The molecule has 3 rings (SSSR count). The summed E-state index contributed by atoms with van der Waals surface area (Å²) in [5.41, 5.74) is 2.28. The molecule has 0 fully saturated rings. The Bertz CT molecular complexity index is 898. The smallest absolute Gasteiger partial charge is 0.234 e. The molecule has 0 atom stereocenters. The van der Waals surface area contributed by atoms with Crippen molar-refractivity contribution in [1.29, 1.82) is 0 Å². The first-order chi connectivity index (χ1) is 12.0. The summed E-state index contributed by atoms with van der Waals surface area (Å²) >= 11 is 13.2. The number of nitrogens with zero attached hydrogens (tertiary/aromatic N) is 4. The van der Waals surface area contributed by atoms with Crippen LogP contribution < -0.4 is 5.32 Å². The Morgan fingerprint density at radius 1 is 1.20 bits per heavy atom. The van der Waals surface area contributed by atoms with Gasteiger partial charge in [0.1, 0.15) is 0 Å². The Morgan fingerprint density at radius 3 is 2.72 bits per heavy atom. The molecule has 0 saturated heterocycles. The van der Waals surface area contributed by atoms with Crippen molar-refractivity contribution in [1.82, 2.24) is 20.2 Å². The van der Waals surface area contributed by atoms with Gasteiger partial charge in [0.25, 0.3) is 0 Å². The van der Waals surface area contributed by atoms with Crippen molar-refractivity contribution in [3.05, 3.63) is 58.1 Å².